The van der Waals surface area contributed by atoms with Crippen molar-refractivity contribution >= 4 is 21.5 Å². The molecule has 0 aliphatic heterocycles. The molecule has 3 aromatic rings. The van der Waals surface area contributed by atoms with Crippen LogP contribution < -0.4 is 5.56 Å². The first kappa shape index (κ1) is 16.8. The van der Waals surface area contributed by atoms with Gasteiger partial charge in [0.25, 0.3) is 15.7 Å². The number of para-hydroxylation sites is 1. The number of benzene rings is 2. The van der Waals surface area contributed by atoms with Crippen LogP contribution in [0.25, 0.3) is 5.69 Å². The van der Waals surface area contributed by atoms with E-state index < -0.39 is 15.7 Å². The fourth-order valence-electron chi connectivity index (χ4n) is 2.32. The number of nitrogens with one attached hydrogen (secondary N) is 1. The van der Waals surface area contributed by atoms with Crippen molar-refractivity contribution in [2.45, 2.75) is 11.8 Å². The average molecular weight is 358 g/mol. The van der Waals surface area contributed by atoms with Crippen LogP contribution in [0, 0.1) is 6.92 Å². The van der Waals surface area contributed by atoms with E-state index in [9.17, 15) is 17.8 Å². The summed E-state index contributed by atoms with van der Waals surface area (Å²) in [5, 5.41) is 10.4. The van der Waals surface area contributed by atoms with Crippen LogP contribution in [0.15, 0.2) is 74.5 Å². The van der Waals surface area contributed by atoms with Gasteiger partial charge in [0.1, 0.15) is 10.6 Å². The Bertz CT molecular complexity index is 1100. The average Bonchev–Trinajstić information content (AvgIpc) is 2.87. The lowest BCUT2D eigenvalue weighted by atomic mass is 10.3. The van der Waals surface area contributed by atoms with Crippen molar-refractivity contribution in [3.8, 4) is 5.69 Å². The molecular formula is C16H14N4O4S. The molecule has 0 radical (unpaired) electrons. The molecule has 0 atom stereocenters. The molecule has 2 N–H and O–H groups in total. The van der Waals surface area contributed by atoms with Crippen molar-refractivity contribution in [3.63, 3.8) is 0 Å². The third kappa shape index (κ3) is 3.42. The summed E-state index contributed by atoms with van der Waals surface area (Å²) in [5.41, 5.74) is 0.792. The molecule has 0 bridgehead atoms. The Kier molecular flexibility index (Phi) is 4.34. The van der Waals surface area contributed by atoms with Crippen LogP contribution in [-0.2, 0) is 10.1 Å². The SMILES string of the molecule is Cc1c(N=Nc2ccccc2S(=O)(=O)O)c(=O)[nH]n1-c1ccccc1. The van der Waals surface area contributed by atoms with Gasteiger partial charge in [-0.05, 0) is 31.2 Å². The van der Waals surface area contributed by atoms with Crippen LogP contribution in [-0.4, -0.2) is 22.8 Å². The Hall–Kier alpha value is -3.04. The smallest absolute Gasteiger partial charge is 0.282 e. The summed E-state index contributed by atoms with van der Waals surface area (Å²) >= 11 is 0. The van der Waals surface area contributed by atoms with Gasteiger partial charge in [0.2, 0.25) is 0 Å². The van der Waals surface area contributed by atoms with Crippen molar-refractivity contribution in [2.24, 2.45) is 10.2 Å². The molecule has 0 aliphatic rings. The van der Waals surface area contributed by atoms with Gasteiger partial charge < -0.3 is 0 Å². The maximum Gasteiger partial charge on any atom is 0.296 e. The van der Waals surface area contributed by atoms with Gasteiger partial charge in [-0.1, -0.05) is 30.3 Å². The topological polar surface area (TPSA) is 117 Å². The summed E-state index contributed by atoms with van der Waals surface area (Å²) in [5.74, 6) is 0. The van der Waals surface area contributed by atoms with Crippen LogP contribution in [0.3, 0.4) is 0 Å². The predicted molar refractivity (Wildman–Crippen MR) is 91.6 cm³/mol. The minimum atomic E-state index is -4.44. The molecule has 3 rings (SSSR count). The van der Waals surface area contributed by atoms with Crippen molar-refractivity contribution in [1.29, 1.82) is 0 Å². The lowest BCUT2D eigenvalue weighted by Crippen LogP contribution is -2.04. The number of aromatic nitrogens is 2. The molecule has 0 saturated carbocycles. The Morgan fingerprint density at radius 1 is 1.00 bits per heavy atom. The first-order valence-corrected chi connectivity index (χ1v) is 8.67. The van der Waals surface area contributed by atoms with E-state index in [0.717, 1.165) is 5.69 Å². The molecule has 8 nitrogen and oxygen atoms in total. The Morgan fingerprint density at radius 2 is 1.64 bits per heavy atom. The molecule has 9 heteroatoms. The summed E-state index contributed by atoms with van der Waals surface area (Å²) < 4.78 is 33.5. The number of hydrogen-bond acceptors (Lipinski definition) is 5. The highest BCUT2D eigenvalue weighted by atomic mass is 32.2. The van der Waals surface area contributed by atoms with Crippen LogP contribution in [0.5, 0.6) is 0 Å². The van der Waals surface area contributed by atoms with Gasteiger partial charge in [0.15, 0.2) is 5.69 Å². The van der Waals surface area contributed by atoms with Crippen molar-refractivity contribution in [2.75, 3.05) is 0 Å². The second-order valence-electron chi connectivity index (χ2n) is 5.19. The van der Waals surface area contributed by atoms with Crippen LogP contribution in [0.2, 0.25) is 0 Å². The predicted octanol–water partition coefficient (Wildman–Crippen LogP) is 3.14. The van der Waals surface area contributed by atoms with E-state index >= 15 is 0 Å². The van der Waals surface area contributed by atoms with Gasteiger partial charge in [-0.25, -0.2) is 0 Å². The molecule has 25 heavy (non-hydrogen) atoms. The Labute approximate surface area is 143 Å². The maximum atomic E-state index is 12.1. The van der Waals surface area contributed by atoms with Gasteiger partial charge >= 0.3 is 0 Å². The van der Waals surface area contributed by atoms with Crippen LogP contribution in [0.4, 0.5) is 11.4 Å². The van der Waals surface area contributed by atoms with Gasteiger partial charge in [-0.2, -0.15) is 8.42 Å². The molecule has 2 aromatic carbocycles. The molecule has 0 aliphatic carbocycles. The Balaban J connectivity index is 2.05. The van der Waals surface area contributed by atoms with Gasteiger partial charge in [-0.3, -0.25) is 19.1 Å². The van der Waals surface area contributed by atoms with Crippen molar-refractivity contribution in [1.82, 2.24) is 9.78 Å². The molecular weight excluding hydrogens is 344 g/mol. The molecule has 1 aromatic heterocycles. The number of azo groups is 1. The van der Waals surface area contributed by atoms with E-state index in [1.54, 1.807) is 17.7 Å². The minimum absolute atomic E-state index is 0.0500. The standard InChI is InChI=1S/C16H14N4O4S/c1-11-15(16(21)19-20(11)12-7-3-2-4-8-12)18-17-13-9-5-6-10-14(13)25(22,23)24/h2-10H,1H3,(H,19,21)(H,22,23,24). The summed E-state index contributed by atoms with van der Waals surface area (Å²) in [6.07, 6.45) is 0. The second kappa shape index (κ2) is 6.46. The summed E-state index contributed by atoms with van der Waals surface area (Å²) in [4.78, 5) is 11.8. The summed E-state index contributed by atoms with van der Waals surface area (Å²) in [6, 6.07) is 14.7. The number of hydrogen-bond donors (Lipinski definition) is 2. The van der Waals surface area contributed by atoms with Gasteiger partial charge in [0, 0.05) is 0 Å². The van der Waals surface area contributed by atoms with E-state index in [1.807, 2.05) is 30.3 Å². The van der Waals surface area contributed by atoms with Gasteiger partial charge in [-0.15, -0.1) is 10.2 Å². The highest BCUT2D eigenvalue weighted by molar-refractivity contribution is 7.86. The molecule has 0 spiro atoms. The first-order valence-electron chi connectivity index (χ1n) is 7.23. The minimum Gasteiger partial charge on any atom is -0.282 e. The van der Waals surface area contributed by atoms with E-state index in [1.165, 1.54) is 18.2 Å². The maximum absolute atomic E-state index is 12.1. The Morgan fingerprint density at radius 3 is 2.32 bits per heavy atom. The molecule has 0 amide bonds. The summed E-state index contributed by atoms with van der Waals surface area (Å²) in [6.45, 7) is 1.69. The number of aromatic amines is 1. The lowest BCUT2D eigenvalue weighted by molar-refractivity contribution is 0.483. The monoisotopic (exact) mass is 358 g/mol. The zero-order valence-corrected chi connectivity index (χ0v) is 13.9. The fraction of sp³-hybridized carbons (Fsp3) is 0.0625. The number of rotatable bonds is 4. The van der Waals surface area contributed by atoms with Crippen molar-refractivity contribution in [3.05, 3.63) is 70.6 Å². The van der Waals surface area contributed by atoms with Crippen LogP contribution >= 0.6 is 0 Å². The second-order valence-corrected chi connectivity index (χ2v) is 6.58. The highest BCUT2D eigenvalue weighted by Crippen LogP contribution is 2.26. The quantitative estimate of drug-likeness (QED) is 0.550. The molecule has 0 fully saturated rings. The fourth-order valence-corrected chi connectivity index (χ4v) is 2.95. The first-order chi connectivity index (χ1) is 11.9. The molecule has 128 valence electrons. The van der Waals surface area contributed by atoms with Crippen LogP contribution in [0.1, 0.15) is 5.69 Å². The van der Waals surface area contributed by atoms with Gasteiger partial charge in [0.05, 0.1) is 11.4 Å². The number of H-pyrrole nitrogens is 1. The zero-order chi connectivity index (χ0) is 18.0. The molecule has 0 unspecified atom stereocenters. The highest BCUT2D eigenvalue weighted by Gasteiger charge is 2.16. The largest absolute Gasteiger partial charge is 0.296 e. The molecule has 0 saturated heterocycles. The van der Waals surface area contributed by atoms with E-state index in [2.05, 4.69) is 15.3 Å². The lowest BCUT2D eigenvalue weighted by Gasteiger charge is -2.04. The molecule has 1 heterocycles. The van der Waals surface area contributed by atoms with E-state index in [4.69, 9.17) is 0 Å². The third-order valence-electron chi connectivity index (χ3n) is 3.52. The van der Waals surface area contributed by atoms with Crippen molar-refractivity contribution < 1.29 is 13.0 Å². The van der Waals surface area contributed by atoms with E-state index in [0.29, 0.717) is 5.69 Å². The normalized spacial score (nSPS) is 11.9. The zero-order valence-electron chi connectivity index (χ0n) is 13.1. The number of nitrogens with zero attached hydrogens (tertiary/aromatic N) is 3. The third-order valence-corrected chi connectivity index (χ3v) is 4.42. The summed E-state index contributed by atoms with van der Waals surface area (Å²) in [7, 11) is -4.44. The van der Waals surface area contributed by atoms with E-state index in [-0.39, 0.29) is 16.3 Å².